The van der Waals surface area contributed by atoms with Crippen LogP contribution in [0.4, 0.5) is 5.95 Å². The number of nitrogens with zero attached hydrogens (tertiary/aromatic N) is 6. The molecule has 4 rings (SSSR count). The lowest BCUT2D eigenvalue weighted by molar-refractivity contribution is -0.134. The second-order valence-electron chi connectivity index (χ2n) is 6.51. The van der Waals surface area contributed by atoms with Crippen LogP contribution in [0, 0.1) is 0 Å². The van der Waals surface area contributed by atoms with Gasteiger partial charge in [0.05, 0.1) is 12.6 Å². The van der Waals surface area contributed by atoms with Gasteiger partial charge in [-0.3, -0.25) is 9.69 Å². The first kappa shape index (κ1) is 16.7. The smallest absolute Gasteiger partial charge is 0.257 e. The summed E-state index contributed by atoms with van der Waals surface area (Å²) in [5, 5.41) is 5.96. The van der Waals surface area contributed by atoms with Crippen LogP contribution in [0.5, 0.6) is 0 Å². The first-order valence-corrected chi connectivity index (χ1v) is 8.95. The molecule has 1 aromatic carbocycles. The van der Waals surface area contributed by atoms with E-state index in [9.17, 15) is 4.79 Å². The number of anilines is 1. The number of aromatic nitrogens is 2. The monoisotopic (exact) mass is 350 g/mol. The molecule has 7 nitrogen and oxygen atoms in total. The maximum absolute atomic E-state index is 12.8. The Hall–Kier alpha value is -2.80. The van der Waals surface area contributed by atoms with Crippen LogP contribution in [0.3, 0.4) is 0 Å². The zero-order valence-electron chi connectivity index (χ0n) is 14.6. The number of piperazine rings is 1. The maximum Gasteiger partial charge on any atom is 0.257 e. The highest BCUT2D eigenvalue weighted by Gasteiger charge is 2.30. The normalized spacial score (nSPS) is 20.5. The van der Waals surface area contributed by atoms with Crippen LogP contribution in [-0.2, 0) is 4.79 Å². The first-order valence-electron chi connectivity index (χ1n) is 8.95. The Labute approximate surface area is 153 Å². The number of hydrazone groups is 1. The fourth-order valence-corrected chi connectivity index (χ4v) is 3.43. The summed E-state index contributed by atoms with van der Waals surface area (Å²) in [5.41, 5.74) is 1.13. The Morgan fingerprint density at radius 2 is 1.73 bits per heavy atom. The Kier molecular flexibility index (Phi) is 4.88. The summed E-state index contributed by atoms with van der Waals surface area (Å²) in [4.78, 5) is 25.7. The van der Waals surface area contributed by atoms with Crippen LogP contribution >= 0.6 is 0 Å². The van der Waals surface area contributed by atoms with Crippen molar-refractivity contribution in [3.8, 4) is 0 Å². The van der Waals surface area contributed by atoms with E-state index in [1.807, 2.05) is 30.5 Å². The summed E-state index contributed by atoms with van der Waals surface area (Å²) in [6, 6.07) is 11.9. The van der Waals surface area contributed by atoms with Gasteiger partial charge in [0.2, 0.25) is 5.95 Å². The van der Waals surface area contributed by atoms with E-state index in [0.29, 0.717) is 6.54 Å². The number of rotatable bonds is 4. The third-order valence-corrected chi connectivity index (χ3v) is 4.84. The zero-order chi connectivity index (χ0) is 17.8. The number of hydrogen-bond acceptors (Lipinski definition) is 6. The van der Waals surface area contributed by atoms with Crippen molar-refractivity contribution in [3.05, 3.63) is 54.4 Å². The SMILES string of the molecule is O=C(CN1CCN(c2ncccn2)CC1)N1N=CCC1c1ccccc1. The summed E-state index contributed by atoms with van der Waals surface area (Å²) in [6.07, 6.45) is 6.12. The predicted octanol–water partition coefficient (Wildman–Crippen LogP) is 1.56. The van der Waals surface area contributed by atoms with Gasteiger partial charge in [-0.15, -0.1) is 0 Å². The predicted molar refractivity (Wildman–Crippen MR) is 99.8 cm³/mol. The van der Waals surface area contributed by atoms with Gasteiger partial charge in [0.1, 0.15) is 0 Å². The highest BCUT2D eigenvalue weighted by atomic mass is 16.2. The molecule has 0 radical (unpaired) electrons. The van der Waals surface area contributed by atoms with E-state index in [-0.39, 0.29) is 11.9 Å². The van der Waals surface area contributed by atoms with Gasteiger partial charge in [0.15, 0.2) is 0 Å². The summed E-state index contributed by atoms with van der Waals surface area (Å²) < 4.78 is 0. The minimum atomic E-state index is 0.0164. The van der Waals surface area contributed by atoms with Crippen LogP contribution in [0.1, 0.15) is 18.0 Å². The van der Waals surface area contributed by atoms with Crippen molar-refractivity contribution >= 4 is 18.1 Å². The fraction of sp³-hybridized carbons (Fsp3) is 0.368. The highest BCUT2D eigenvalue weighted by molar-refractivity contribution is 5.81. The molecule has 26 heavy (non-hydrogen) atoms. The van der Waals surface area contributed by atoms with Crippen LogP contribution in [0.25, 0.3) is 0 Å². The molecule has 1 amide bonds. The molecule has 0 saturated carbocycles. The average Bonchev–Trinajstić information content (AvgIpc) is 3.20. The lowest BCUT2D eigenvalue weighted by Crippen LogP contribution is -2.50. The summed E-state index contributed by atoms with van der Waals surface area (Å²) >= 11 is 0. The van der Waals surface area contributed by atoms with Crippen molar-refractivity contribution in [2.24, 2.45) is 5.10 Å². The number of benzene rings is 1. The minimum absolute atomic E-state index is 0.0164. The molecule has 0 aliphatic carbocycles. The third-order valence-electron chi connectivity index (χ3n) is 4.84. The van der Waals surface area contributed by atoms with Gasteiger partial charge in [0, 0.05) is 51.2 Å². The van der Waals surface area contributed by atoms with Crippen molar-refractivity contribution in [1.82, 2.24) is 19.9 Å². The van der Waals surface area contributed by atoms with Gasteiger partial charge < -0.3 is 4.90 Å². The van der Waals surface area contributed by atoms with E-state index >= 15 is 0 Å². The third kappa shape index (κ3) is 3.57. The van der Waals surface area contributed by atoms with Crippen LogP contribution < -0.4 is 4.90 Å². The number of hydrogen-bond donors (Lipinski definition) is 0. The molecule has 2 aliphatic rings. The molecule has 134 valence electrons. The van der Waals surface area contributed by atoms with Crippen molar-refractivity contribution in [1.29, 1.82) is 0 Å². The van der Waals surface area contributed by atoms with E-state index in [1.165, 1.54) is 0 Å². The van der Waals surface area contributed by atoms with E-state index in [4.69, 9.17) is 0 Å². The first-order chi connectivity index (χ1) is 12.8. The van der Waals surface area contributed by atoms with E-state index in [2.05, 4.69) is 37.0 Å². The molecule has 3 heterocycles. The van der Waals surface area contributed by atoms with E-state index in [0.717, 1.165) is 44.1 Å². The van der Waals surface area contributed by atoms with Crippen molar-refractivity contribution < 1.29 is 4.79 Å². The second kappa shape index (κ2) is 7.61. The van der Waals surface area contributed by atoms with Crippen molar-refractivity contribution in [3.63, 3.8) is 0 Å². The van der Waals surface area contributed by atoms with E-state index < -0.39 is 0 Å². The zero-order valence-corrected chi connectivity index (χ0v) is 14.6. The van der Waals surface area contributed by atoms with Crippen LogP contribution in [0.15, 0.2) is 53.9 Å². The lowest BCUT2D eigenvalue weighted by Gasteiger charge is -2.35. The van der Waals surface area contributed by atoms with Gasteiger partial charge >= 0.3 is 0 Å². The number of carbonyl (C=O) groups excluding carboxylic acids is 1. The van der Waals surface area contributed by atoms with Crippen LogP contribution in [-0.4, -0.2) is 64.7 Å². The van der Waals surface area contributed by atoms with Crippen LogP contribution in [0.2, 0.25) is 0 Å². The Bertz CT molecular complexity index is 758. The molecule has 1 aromatic heterocycles. The molecule has 1 fully saturated rings. The summed E-state index contributed by atoms with van der Waals surface area (Å²) in [5.74, 6) is 0.809. The molecule has 7 heteroatoms. The minimum Gasteiger partial charge on any atom is -0.338 e. The molecule has 1 unspecified atom stereocenters. The maximum atomic E-state index is 12.8. The quantitative estimate of drug-likeness (QED) is 0.837. The molecular formula is C19H22N6O. The topological polar surface area (TPSA) is 64.9 Å². The van der Waals surface area contributed by atoms with Crippen molar-refractivity contribution in [2.75, 3.05) is 37.6 Å². The van der Waals surface area contributed by atoms with Gasteiger partial charge in [0.25, 0.3) is 5.91 Å². The van der Waals surface area contributed by atoms with Gasteiger partial charge in [-0.2, -0.15) is 5.10 Å². The average molecular weight is 350 g/mol. The second-order valence-corrected chi connectivity index (χ2v) is 6.51. The molecule has 2 aliphatic heterocycles. The van der Waals surface area contributed by atoms with Gasteiger partial charge in [-0.05, 0) is 11.6 Å². The molecule has 0 N–H and O–H groups in total. The molecule has 1 saturated heterocycles. The molecular weight excluding hydrogens is 328 g/mol. The molecule has 0 bridgehead atoms. The largest absolute Gasteiger partial charge is 0.338 e. The van der Waals surface area contributed by atoms with E-state index in [1.54, 1.807) is 17.4 Å². The van der Waals surface area contributed by atoms with Gasteiger partial charge in [-0.1, -0.05) is 30.3 Å². The Morgan fingerprint density at radius 1 is 1.00 bits per heavy atom. The molecule has 0 spiro atoms. The lowest BCUT2D eigenvalue weighted by atomic mass is 10.0. The van der Waals surface area contributed by atoms with Crippen molar-refractivity contribution in [2.45, 2.75) is 12.5 Å². The summed E-state index contributed by atoms with van der Waals surface area (Å²) in [6.45, 7) is 3.67. The summed E-state index contributed by atoms with van der Waals surface area (Å²) in [7, 11) is 0. The standard InChI is InChI=1S/C19H22N6O/c26-18(25-17(7-10-22-25)16-5-2-1-3-6-16)15-23-11-13-24(14-12-23)19-20-8-4-9-21-19/h1-6,8-10,17H,7,11-15H2. The number of carbonyl (C=O) groups is 1. The highest BCUT2D eigenvalue weighted by Crippen LogP contribution is 2.28. The molecule has 1 atom stereocenters. The Morgan fingerprint density at radius 3 is 2.46 bits per heavy atom. The molecule has 2 aromatic rings. The van der Waals surface area contributed by atoms with Gasteiger partial charge in [-0.25, -0.2) is 15.0 Å². The number of amides is 1. The Balaban J connectivity index is 1.33. The fourth-order valence-electron chi connectivity index (χ4n) is 3.43.